The molecule has 0 spiro atoms. The zero-order valence-corrected chi connectivity index (χ0v) is 11.5. The van der Waals surface area contributed by atoms with Gasteiger partial charge in [-0.25, -0.2) is 0 Å². The van der Waals surface area contributed by atoms with Crippen LogP contribution in [0.4, 0.5) is 0 Å². The number of carbonyl (C=O) groups is 1. The highest BCUT2D eigenvalue weighted by Crippen LogP contribution is 2.18. The second-order valence-electron chi connectivity index (χ2n) is 5.19. The first-order chi connectivity index (χ1) is 9.61. The number of hydrogen-bond donors (Lipinski definition) is 1. The Morgan fingerprint density at radius 1 is 1.50 bits per heavy atom. The summed E-state index contributed by atoms with van der Waals surface area (Å²) in [7, 11) is 0. The van der Waals surface area contributed by atoms with Crippen molar-refractivity contribution in [1.29, 1.82) is 5.26 Å². The SMILES string of the molecule is CC1(NC(=O)COc2ccc(C#N)cc2)CCCOC1. The lowest BCUT2D eigenvalue weighted by atomic mass is 9.95. The predicted molar refractivity (Wildman–Crippen MR) is 73.3 cm³/mol. The number of rotatable bonds is 4. The van der Waals surface area contributed by atoms with Crippen molar-refractivity contribution in [3.63, 3.8) is 0 Å². The van der Waals surface area contributed by atoms with Crippen molar-refractivity contribution >= 4 is 5.91 Å². The Kier molecular flexibility index (Phi) is 4.59. The Hall–Kier alpha value is -2.06. The number of benzene rings is 1. The summed E-state index contributed by atoms with van der Waals surface area (Å²) in [5.74, 6) is 0.409. The van der Waals surface area contributed by atoms with Crippen molar-refractivity contribution in [2.24, 2.45) is 0 Å². The van der Waals surface area contributed by atoms with Gasteiger partial charge < -0.3 is 14.8 Å². The standard InChI is InChI=1S/C15H18N2O3/c1-15(7-2-8-19-11-15)17-14(18)10-20-13-5-3-12(9-16)4-6-13/h3-6H,2,7-8,10-11H2,1H3,(H,17,18). The molecule has 1 aromatic carbocycles. The van der Waals surface area contributed by atoms with Gasteiger partial charge in [0.15, 0.2) is 6.61 Å². The van der Waals surface area contributed by atoms with Crippen LogP contribution in [0.1, 0.15) is 25.3 Å². The van der Waals surface area contributed by atoms with Gasteiger partial charge in [-0.1, -0.05) is 0 Å². The van der Waals surface area contributed by atoms with Gasteiger partial charge in [0.2, 0.25) is 0 Å². The maximum Gasteiger partial charge on any atom is 0.258 e. The van der Waals surface area contributed by atoms with Crippen LogP contribution in [0.25, 0.3) is 0 Å². The molecule has 20 heavy (non-hydrogen) atoms. The average Bonchev–Trinajstić information content (AvgIpc) is 2.46. The summed E-state index contributed by atoms with van der Waals surface area (Å²) in [5, 5.41) is 11.6. The van der Waals surface area contributed by atoms with Crippen LogP contribution < -0.4 is 10.1 Å². The van der Waals surface area contributed by atoms with Crippen molar-refractivity contribution in [1.82, 2.24) is 5.32 Å². The zero-order valence-electron chi connectivity index (χ0n) is 11.5. The Morgan fingerprint density at radius 3 is 2.85 bits per heavy atom. The Labute approximate surface area is 118 Å². The highest BCUT2D eigenvalue weighted by atomic mass is 16.5. The highest BCUT2D eigenvalue weighted by molar-refractivity contribution is 5.78. The maximum absolute atomic E-state index is 11.9. The zero-order chi connectivity index (χ0) is 14.4. The van der Waals surface area contributed by atoms with E-state index in [9.17, 15) is 4.79 Å². The first-order valence-corrected chi connectivity index (χ1v) is 6.63. The number of amides is 1. The van der Waals surface area contributed by atoms with E-state index in [-0.39, 0.29) is 18.1 Å². The van der Waals surface area contributed by atoms with Gasteiger partial charge in [0.25, 0.3) is 5.91 Å². The minimum absolute atomic E-state index is 0.0402. The van der Waals surface area contributed by atoms with E-state index in [1.165, 1.54) is 0 Å². The van der Waals surface area contributed by atoms with Crippen LogP contribution in [-0.2, 0) is 9.53 Å². The summed E-state index contributed by atoms with van der Waals surface area (Å²) in [6, 6.07) is 8.70. The van der Waals surface area contributed by atoms with Crippen molar-refractivity contribution in [2.45, 2.75) is 25.3 Å². The molecule has 1 aromatic rings. The van der Waals surface area contributed by atoms with E-state index in [0.29, 0.717) is 17.9 Å². The van der Waals surface area contributed by atoms with Crippen LogP contribution in [-0.4, -0.2) is 31.3 Å². The lowest BCUT2D eigenvalue weighted by Crippen LogP contribution is -2.52. The molecule has 1 N–H and O–H groups in total. The van der Waals surface area contributed by atoms with Crippen LogP contribution in [0.15, 0.2) is 24.3 Å². The molecule has 1 aliphatic heterocycles. The first kappa shape index (κ1) is 14.4. The Bertz CT molecular complexity index is 499. The second-order valence-corrected chi connectivity index (χ2v) is 5.19. The van der Waals surface area contributed by atoms with E-state index in [2.05, 4.69) is 5.32 Å². The molecule has 1 unspecified atom stereocenters. The summed E-state index contributed by atoms with van der Waals surface area (Å²) < 4.78 is 10.8. The van der Waals surface area contributed by atoms with Gasteiger partial charge in [0.1, 0.15) is 5.75 Å². The Balaban J connectivity index is 1.81. The first-order valence-electron chi connectivity index (χ1n) is 6.63. The molecule has 1 atom stereocenters. The van der Waals surface area contributed by atoms with Crippen LogP contribution in [0.3, 0.4) is 0 Å². The van der Waals surface area contributed by atoms with Gasteiger partial charge in [0.05, 0.1) is 23.8 Å². The molecule has 1 fully saturated rings. The van der Waals surface area contributed by atoms with Gasteiger partial charge in [-0.15, -0.1) is 0 Å². The Morgan fingerprint density at radius 2 is 2.25 bits per heavy atom. The smallest absolute Gasteiger partial charge is 0.258 e. The van der Waals surface area contributed by atoms with E-state index < -0.39 is 0 Å². The van der Waals surface area contributed by atoms with Crippen molar-refractivity contribution < 1.29 is 14.3 Å². The number of ether oxygens (including phenoxy) is 2. The molecule has 1 amide bonds. The minimum atomic E-state index is -0.302. The molecule has 2 rings (SSSR count). The summed E-state index contributed by atoms with van der Waals surface area (Å²) in [6.07, 6.45) is 1.86. The van der Waals surface area contributed by atoms with Crippen LogP contribution in [0, 0.1) is 11.3 Å². The summed E-state index contributed by atoms with van der Waals surface area (Å²) >= 11 is 0. The van der Waals surface area contributed by atoms with Gasteiger partial charge >= 0.3 is 0 Å². The van der Waals surface area contributed by atoms with Crippen LogP contribution in [0.2, 0.25) is 0 Å². The van der Waals surface area contributed by atoms with Crippen molar-refractivity contribution in [3.05, 3.63) is 29.8 Å². The van der Waals surface area contributed by atoms with Gasteiger partial charge in [-0.05, 0) is 44.0 Å². The summed E-state index contributed by atoms with van der Waals surface area (Å²) in [5.41, 5.74) is 0.261. The van der Waals surface area contributed by atoms with Gasteiger partial charge in [-0.2, -0.15) is 5.26 Å². The fourth-order valence-corrected chi connectivity index (χ4v) is 2.18. The van der Waals surface area contributed by atoms with Crippen LogP contribution in [0.5, 0.6) is 5.75 Å². The minimum Gasteiger partial charge on any atom is -0.484 e. The third-order valence-electron chi connectivity index (χ3n) is 3.23. The maximum atomic E-state index is 11.9. The van der Waals surface area contributed by atoms with E-state index in [4.69, 9.17) is 14.7 Å². The monoisotopic (exact) mass is 274 g/mol. The molecule has 5 heteroatoms. The summed E-state index contributed by atoms with van der Waals surface area (Å²) in [6.45, 7) is 3.23. The van der Waals surface area contributed by atoms with Gasteiger partial charge in [0, 0.05) is 6.61 Å². The molecule has 5 nitrogen and oxygen atoms in total. The van der Waals surface area contributed by atoms with Gasteiger partial charge in [-0.3, -0.25) is 4.79 Å². The molecule has 1 heterocycles. The second kappa shape index (κ2) is 6.40. The molecular weight excluding hydrogens is 256 g/mol. The third kappa shape index (κ3) is 3.97. The molecule has 0 aliphatic carbocycles. The number of hydrogen-bond acceptors (Lipinski definition) is 4. The molecule has 0 radical (unpaired) electrons. The average molecular weight is 274 g/mol. The fourth-order valence-electron chi connectivity index (χ4n) is 2.18. The third-order valence-corrected chi connectivity index (χ3v) is 3.23. The number of carbonyl (C=O) groups excluding carboxylic acids is 1. The normalized spacial score (nSPS) is 21.8. The van der Waals surface area contributed by atoms with E-state index in [1.807, 2.05) is 13.0 Å². The quantitative estimate of drug-likeness (QED) is 0.905. The fraction of sp³-hybridized carbons (Fsp3) is 0.467. The van der Waals surface area contributed by atoms with Crippen LogP contribution >= 0.6 is 0 Å². The number of nitrogens with one attached hydrogen (secondary N) is 1. The molecular formula is C15H18N2O3. The van der Waals surface area contributed by atoms with E-state index in [0.717, 1.165) is 19.4 Å². The highest BCUT2D eigenvalue weighted by Gasteiger charge is 2.29. The molecule has 1 saturated heterocycles. The molecule has 1 aliphatic rings. The van der Waals surface area contributed by atoms with E-state index in [1.54, 1.807) is 24.3 Å². The largest absolute Gasteiger partial charge is 0.484 e. The molecule has 0 saturated carbocycles. The van der Waals surface area contributed by atoms with Crippen molar-refractivity contribution in [3.8, 4) is 11.8 Å². The topological polar surface area (TPSA) is 71.3 Å². The van der Waals surface area contributed by atoms with Crippen molar-refractivity contribution in [2.75, 3.05) is 19.8 Å². The summed E-state index contributed by atoms with van der Waals surface area (Å²) in [4.78, 5) is 11.9. The molecule has 0 bridgehead atoms. The lowest BCUT2D eigenvalue weighted by Gasteiger charge is -2.34. The van der Waals surface area contributed by atoms with E-state index >= 15 is 0 Å². The molecule has 106 valence electrons. The molecule has 0 aromatic heterocycles. The lowest BCUT2D eigenvalue weighted by molar-refractivity contribution is -0.126. The number of nitrogens with zero attached hydrogens (tertiary/aromatic N) is 1. The predicted octanol–water partition coefficient (Wildman–Crippen LogP) is 1.62. The number of nitriles is 1.